The zero-order valence-electron chi connectivity index (χ0n) is 10.2. The van der Waals surface area contributed by atoms with Crippen LogP contribution in [0.4, 0.5) is 4.39 Å². The van der Waals surface area contributed by atoms with Crippen LogP contribution in [0.2, 0.25) is 0 Å². The normalized spacial score (nSPS) is 11.3. The van der Waals surface area contributed by atoms with Crippen LogP contribution in [-0.2, 0) is 0 Å². The smallest absolute Gasteiger partial charge is 0.254 e. The molecule has 0 aromatic heterocycles. The van der Waals surface area contributed by atoms with Gasteiger partial charge in [0.1, 0.15) is 5.82 Å². The molecule has 0 aliphatic carbocycles. The molecule has 0 radical (unpaired) electrons. The van der Waals surface area contributed by atoms with Crippen LogP contribution in [-0.4, -0.2) is 22.9 Å². The fraction of sp³-hybridized carbons (Fsp3) is 0.462. The Morgan fingerprint density at radius 2 is 1.75 bits per heavy atom. The van der Waals surface area contributed by atoms with E-state index < -0.39 is 0 Å². The largest absolute Gasteiger partial charge is 0.334 e. The number of hydrogen-bond donors (Lipinski definition) is 0. The summed E-state index contributed by atoms with van der Waals surface area (Å²) in [5.74, 6) is -0.384. The van der Waals surface area contributed by atoms with Gasteiger partial charge < -0.3 is 4.90 Å². The van der Waals surface area contributed by atoms with E-state index in [1.165, 1.54) is 24.3 Å². The van der Waals surface area contributed by atoms with E-state index in [1.807, 2.05) is 27.7 Å². The lowest BCUT2D eigenvalue weighted by molar-refractivity contribution is 0.0599. The Morgan fingerprint density at radius 1 is 1.25 bits per heavy atom. The van der Waals surface area contributed by atoms with Crippen molar-refractivity contribution in [1.29, 1.82) is 0 Å². The first kappa shape index (κ1) is 12.7. The number of nitrogens with zero attached hydrogens (tertiary/aromatic N) is 1. The van der Waals surface area contributed by atoms with Crippen molar-refractivity contribution in [3.8, 4) is 0 Å². The molecule has 2 nitrogen and oxygen atoms in total. The molecule has 0 bridgehead atoms. The van der Waals surface area contributed by atoms with Gasteiger partial charge in [0.15, 0.2) is 0 Å². The number of halogens is 1. The summed E-state index contributed by atoms with van der Waals surface area (Å²) >= 11 is 0. The predicted octanol–water partition coefficient (Wildman–Crippen LogP) is 3.09. The van der Waals surface area contributed by atoms with E-state index in [2.05, 4.69) is 0 Å². The SMILES string of the molecule is CCN(C(=O)c1ccc(F)cc1)C(C)(C)C. The molecule has 1 amide bonds. The molecule has 0 aliphatic rings. The minimum Gasteiger partial charge on any atom is -0.334 e. The van der Waals surface area contributed by atoms with E-state index in [0.29, 0.717) is 12.1 Å². The van der Waals surface area contributed by atoms with Gasteiger partial charge in [0.25, 0.3) is 5.91 Å². The van der Waals surface area contributed by atoms with Crippen LogP contribution in [0.15, 0.2) is 24.3 Å². The van der Waals surface area contributed by atoms with Gasteiger partial charge in [0.2, 0.25) is 0 Å². The fourth-order valence-electron chi connectivity index (χ4n) is 1.67. The molecule has 0 spiro atoms. The minimum absolute atomic E-state index is 0.0602. The molecule has 0 heterocycles. The maximum Gasteiger partial charge on any atom is 0.254 e. The van der Waals surface area contributed by atoms with Crippen molar-refractivity contribution in [2.45, 2.75) is 33.2 Å². The van der Waals surface area contributed by atoms with Crippen molar-refractivity contribution in [2.24, 2.45) is 0 Å². The lowest BCUT2D eigenvalue weighted by Crippen LogP contribution is -2.45. The topological polar surface area (TPSA) is 20.3 Å². The van der Waals surface area contributed by atoms with Gasteiger partial charge in [-0.25, -0.2) is 4.39 Å². The summed E-state index contributed by atoms with van der Waals surface area (Å²) in [5.41, 5.74) is 0.304. The van der Waals surface area contributed by atoms with Gasteiger partial charge in [0, 0.05) is 17.6 Å². The molecule has 1 aromatic rings. The van der Waals surface area contributed by atoms with Crippen molar-refractivity contribution in [3.63, 3.8) is 0 Å². The molecule has 0 saturated carbocycles. The highest BCUT2D eigenvalue weighted by Gasteiger charge is 2.25. The van der Waals surface area contributed by atoms with E-state index in [9.17, 15) is 9.18 Å². The molecule has 0 aliphatic heterocycles. The Bertz CT molecular complexity index is 365. The van der Waals surface area contributed by atoms with E-state index in [1.54, 1.807) is 4.90 Å². The molecule has 16 heavy (non-hydrogen) atoms. The lowest BCUT2D eigenvalue weighted by atomic mass is 10.0. The second kappa shape index (κ2) is 4.64. The highest BCUT2D eigenvalue weighted by Crippen LogP contribution is 2.17. The van der Waals surface area contributed by atoms with Crippen molar-refractivity contribution in [1.82, 2.24) is 4.90 Å². The van der Waals surface area contributed by atoms with Crippen LogP contribution < -0.4 is 0 Å². The van der Waals surface area contributed by atoms with Crippen LogP contribution in [0, 0.1) is 5.82 Å². The Hall–Kier alpha value is -1.38. The number of amides is 1. The average Bonchev–Trinajstić information content (AvgIpc) is 2.17. The van der Waals surface area contributed by atoms with Gasteiger partial charge in [-0.3, -0.25) is 4.79 Å². The number of carbonyl (C=O) groups is 1. The summed E-state index contributed by atoms with van der Waals surface area (Å²) in [4.78, 5) is 13.9. The molecule has 88 valence electrons. The quantitative estimate of drug-likeness (QED) is 0.754. The van der Waals surface area contributed by atoms with E-state index >= 15 is 0 Å². The van der Waals surface area contributed by atoms with E-state index in [4.69, 9.17) is 0 Å². The standard InChI is InChI=1S/C13H18FNO/c1-5-15(13(2,3)4)12(16)10-6-8-11(14)9-7-10/h6-9H,5H2,1-4H3. The fourth-order valence-corrected chi connectivity index (χ4v) is 1.67. The molecule has 0 fully saturated rings. The summed E-state index contributed by atoms with van der Waals surface area (Å²) in [7, 11) is 0. The summed E-state index contributed by atoms with van der Waals surface area (Å²) in [6.45, 7) is 8.53. The molecule has 0 N–H and O–H groups in total. The van der Waals surface area contributed by atoms with Crippen LogP contribution in [0.3, 0.4) is 0 Å². The van der Waals surface area contributed by atoms with Gasteiger partial charge >= 0.3 is 0 Å². The van der Waals surface area contributed by atoms with Crippen molar-refractivity contribution < 1.29 is 9.18 Å². The van der Waals surface area contributed by atoms with Crippen molar-refractivity contribution in [3.05, 3.63) is 35.6 Å². The van der Waals surface area contributed by atoms with Gasteiger partial charge in [-0.2, -0.15) is 0 Å². The third kappa shape index (κ3) is 2.81. The third-order valence-corrected chi connectivity index (χ3v) is 2.46. The molecule has 1 aromatic carbocycles. The van der Waals surface area contributed by atoms with Crippen LogP contribution in [0.1, 0.15) is 38.1 Å². The van der Waals surface area contributed by atoms with Crippen LogP contribution >= 0.6 is 0 Å². The second-order valence-electron chi connectivity index (χ2n) is 4.73. The zero-order valence-corrected chi connectivity index (χ0v) is 10.2. The molecular formula is C13H18FNO. The Morgan fingerprint density at radius 3 is 2.12 bits per heavy atom. The second-order valence-corrected chi connectivity index (χ2v) is 4.73. The first-order valence-corrected chi connectivity index (χ1v) is 5.44. The van der Waals surface area contributed by atoms with Crippen LogP contribution in [0.25, 0.3) is 0 Å². The summed E-state index contributed by atoms with van der Waals surface area (Å²) in [5, 5.41) is 0. The predicted molar refractivity (Wildman–Crippen MR) is 62.9 cm³/mol. The first-order chi connectivity index (χ1) is 7.36. The Kier molecular flexibility index (Phi) is 3.68. The van der Waals surface area contributed by atoms with E-state index in [-0.39, 0.29) is 17.3 Å². The summed E-state index contributed by atoms with van der Waals surface area (Å²) in [6, 6.07) is 5.66. The van der Waals surface area contributed by atoms with Gasteiger partial charge in [-0.05, 0) is 52.0 Å². The zero-order chi connectivity index (χ0) is 12.3. The van der Waals surface area contributed by atoms with Crippen molar-refractivity contribution >= 4 is 5.91 Å². The average molecular weight is 223 g/mol. The third-order valence-electron chi connectivity index (χ3n) is 2.46. The molecule has 1 rings (SSSR count). The molecule has 0 atom stereocenters. The molecular weight excluding hydrogens is 205 g/mol. The summed E-state index contributed by atoms with van der Waals surface area (Å²) < 4.78 is 12.7. The Balaban J connectivity index is 2.96. The lowest BCUT2D eigenvalue weighted by Gasteiger charge is -2.34. The van der Waals surface area contributed by atoms with Crippen LogP contribution in [0.5, 0.6) is 0 Å². The molecule has 0 unspecified atom stereocenters. The maximum atomic E-state index is 12.7. The Labute approximate surface area is 96.1 Å². The van der Waals surface area contributed by atoms with E-state index in [0.717, 1.165) is 0 Å². The number of hydrogen-bond acceptors (Lipinski definition) is 1. The van der Waals surface area contributed by atoms with Crippen molar-refractivity contribution in [2.75, 3.05) is 6.54 Å². The first-order valence-electron chi connectivity index (χ1n) is 5.44. The number of carbonyl (C=O) groups excluding carboxylic acids is 1. The minimum atomic E-state index is -0.324. The van der Waals surface area contributed by atoms with Gasteiger partial charge in [-0.15, -0.1) is 0 Å². The van der Waals surface area contributed by atoms with Gasteiger partial charge in [0.05, 0.1) is 0 Å². The highest BCUT2D eigenvalue weighted by atomic mass is 19.1. The number of benzene rings is 1. The maximum absolute atomic E-state index is 12.7. The summed E-state index contributed by atoms with van der Waals surface area (Å²) in [6.07, 6.45) is 0. The molecule has 3 heteroatoms. The highest BCUT2D eigenvalue weighted by molar-refractivity contribution is 5.94. The molecule has 0 saturated heterocycles. The monoisotopic (exact) mass is 223 g/mol. The van der Waals surface area contributed by atoms with Gasteiger partial charge in [-0.1, -0.05) is 0 Å². The number of rotatable bonds is 2.